The van der Waals surface area contributed by atoms with Crippen LogP contribution in [0.5, 0.6) is 0 Å². The summed E-state index contributed by atoms with van der Waals surface area (Å²) in [4.78, 5) is 10.1. The Balaban J connectivity index is 1.09. The number of aromatic nitrogens is 4. The lowest BCUT2D eigenvalue weighted by Gasteiger charge is -2.50. The lowest BCUT2D eigenvalue weighted by molar-refractivity contribution is 0.0305. The monoisotopic (exact) mass is 402 g/mol. The van der Waals surface area contributed by atoms with E-state index >= 15 is 0 Å². The molecule has 0 atom stereocenters. The average molecular weight is 403 g/mol. The summed E-state index contributed by atoms with van der Waals surface area (Å²) in [6.07, 6.45) is 15.6. The van der Waals surface area contributed by atoms with Crippen LogP contribution in [0.3, 0.4) is 0 Å². The number of pyridine rings is 2. The van der Waals surface area contributed by atoms with Crippen LogP contribution in [0.4, 0.5) is 5.82 Å². The minimum Gasteiger partial charge on any atom is -0.357 e. The van der Waals surface area contributed by atoms with E-state index in [0.717, 1.165) is 41.7 Å². The molecule has 2 saturated heterocycles. The van der Waals surface area contributed by atoms with Crippen molar-refractivity contribution in [3.8, 4) is 11.1 Å². The van der Waals surface area contributed by atoms with Crippen LogP contribution in [0.15, 0.2) is 43.0 Å². The van der Waals surface area contributed by atoms with Gasteiger partial charge in [-0.1, -0.05) is 6.42 Å². The van der Waals surface area contributed by atoms with Crippen LogP contribution in [-0.2, 0) is 0 Å². The molecule has 6 nitrogen and oxygen atoms in total. The van der Waals surface area contributed by atoms with Crippen LogP contribution in [0.1, 0.15) is 44.9 Å². The van der Waals surface area contributed by atoms with Gasteiger partial charge in [0.05, 0.1) is 0 Å². The van der Waals surface area contributed by atoms with Gasteiger partial charge in [-0.2, -0.15) is 0 Å². The quantitative estimate of drug-likeness (QED) is 0.662. The second-order valence-corrected chi connectivity index (χ2v) is 9.53. The smallest absolute Gasteiger partial charge is 0.160 e. The van der Waals surface area contributed by atoms with Gasteiger partial charge in [0, 0.05) is 42.7 Å². The van der Waals surface area contributed by atoms with Crippen LogP contribution in [0.2, 0.25) is 0 Å². The van der Waals surface area contributed by atoms with Gasteiger partial charge < -0.3 is 9.80 Å². The number of anilines is 1. The Morgan fingerprint density at radius 2 is 1.63 bits per heavy atom. The Morgan fingerprint density at radius 3 is 2.33 bits per heavy atom. The molecule has 6 rings (SSSR count). The normalized spacial score (nSPS) is 22.5. The molecule has 3 aromatic rings. The number of fused-ring (bicyclic) bond motifs is 1. The summed E-state index contributed by atoms with van der Waals surface area (Å²) >= 11 is 0. The first-order chi connectivity index (χ1) is 14.8. The van der Waals surface area contributed by atoms with Crippen LogP contribution in [-0.4, -0.2) is 56.7 Å². The van der Waals surface area contributed by atoms with Gasteiger partial charge >= 0.3 is 0 Å². The van der Waals surface area contributed by atoms with E-state index in [9.17, 15) is 0 Å². The Bertz CT molecular complexity index is 1000. The zero-order valence-corrected chi connectivity index (χ0v) is 17.6. The fourth-order valence-electron chi connectivity index (χ4n) is 5.57. The molecular formula is C24H30N6. The Morgan fingerprint density at radius 1 is 0.867 bits per heavy atom. The van der Waals surface area contributed by atoms with Gasteiger partial charge in [-0.3, -0.25) is 4.40 Å². The molecule has 3 aliphatic rings. The summed E-state index contributed by atoms with van der Waals surface area (Å²) in [5, 5.41) is 8.03. The van der Waals surface area contributed by atoms with Crippen molar-refractivity contribution in [2.24, 2.45) is 5.41 Å². The van der Waals surface area contributed by atoms with Gasteiger partial charge in [0.1, 0.15) is 12.1 Å². The first-order valence-electron chi connectivity index (χ1n) is 11.5. The number of rotatable bonds is 3. The molecule has 1 aliphatic carbocycles. The number of piperidine rings is 2. The number of nitrogens with zero attached hydrogens (tertiary/aromatic N) is 6. The van der Waals surface area contributed by atoms with Gasteiger partial charge in [-0.05, 0) is 81.3 Å². The highest BCUT2D eigenvalue weighted by atomic mass is 15.2. The van der Waals surface area contributed by atoms with Gasteiger partial charge in [0.2, 0.25) is 0 Å². The molecule has 1 spiro atoms. The van der Waals surface area contributed by atoms with Crippen molar-refractivity contribution in [2.75, 3.05) is 31.1 Å². The van der Waals surface area contributed by atoms with E-state index in [1.54, 1.807) is 6.33 Å². The van der Waals surface area contributed by atoms with E-state index in [0.29, 0.717) is 5.41 Å². The lowest BCUT2D eigenvalue weighted by atomic mass is 9.70. The molecule has 0 radical (unpaired) electrons. The molecule has 1 saturated carbocycles. The van der Waals surface area contributed by atoms with Gasteiger partial charge in [0.15, 0.2) is 5.65 Å². The van der Waals surface area contributed by atoms with E-state index in [1.165, 1.54) is 58.0 Å². The van der Waals surface area contributed by atoms with Crippen LogP contribution in [0, 0.1) is 5.41 Å². The molecule has 0 unspecified atom stereocenters. The SMILES string of the molecule is c1cc(N2CCC3(CC2)CCN(C2CCC2)CC3)ncc1-c1ccc2nncn2c1. The van der Waals surface area contributed by atoms with Gasteiger partial charge in [-0.25, -0.2) is 4.98 Å². The summed E-state index contributed by atoms with van der Waals surface area (Å²) in [6, 6.07) is 9.37. The highest BCUT2D eigenvalue weighted by Crippen LogP contribution is 2.43. The summed E-state index contributed by atoms with van der Waals surface area (Å²) in [6.45, 7) is 4.94. The lowest BCUT2D eigenvalue weighted by Crippen LogP contribution is -2.51. The molecular weight excluding hydrogens is 372 g/mol. The maximum absolute atomic E-state index is 4.81. The predicted molar refractivity (Wildman–Crippen MR) is 119 cm³/mol. The van der Waals surface area contributed by atoms with Gasteiger partial charge in [-0.15, -0.1) is 10.2 Å². The van der Waals surface area contributed by atoms with Crippen molar-refractivity contribution in [1.82, 2.24) is 24.5 Å². The van der Waals surface area contributed by atoms with Crippen LogP contribution < -0.4 is 4.90 Å². The molecule has 0 amide bonds. The molecule has 0 bridgehead atoms. The first-order valence-corrected chi connectivity index (χ1v) is 11.5. The molecule has 30 heavy (non-hydrogen) atoms. The molecule has 6 heteroatoms. The van der Waals surface area contributed by atoms with Crippen molar-refractivity contribution in [3.05, 3.63) is 43.0 Å². The van der Waals surface area contributed by atoms with Crippen molar-refractivity contribution in [3.63, 3.8) is 0 Å². The van der Waals surface area contributed by atoms with Crippen LogP contribution >= 0.6 is 0 Å². The topological polar surface area (TPSA) is 49.6 Å². The highest BCUT2D eigenvalue weighted by molar-refractivity contribution is 5.65. The third-order valence-electron chi connectivity index (χ3n) is 7.97. The second kappa shape index (κ2) is 7.34. The number of hydrogen-bond donors (Lipinski definition) is 0. The summed E-state index contributed by atoms with van der Waals surface area (Å²) in [5.41, 5.74) is 3.72. The van der Waals surface area contributed by atoms with E-state index in [-0.39, 0.29) is 0 Å². The van der Waals surface area contributed by atoms with E-state index < -0.39 is 0 Å². The average Bonchev–Trinajstić information content (AvgIpc) is 3.23. The number of hydrogen-bond acceptors (Lipinski definition) is 5. The zero-order chi connectivity index (χ0) is 20.0. The summed E-state index contributed by atoms with van der Waals surface area (Å²) in [5.74, 6) is 1.12. The fourth-order valence-corrected chi connectivity index (χ4v) is 5.57. The van der Waals surface area contributed by atoms with Crippen molar-refractivity contribution in [1.29, 1.82) is 0 Å². The molecule has 0 aromatic carbocycles. The Labute approximate surface area is 177 Å². The van der Waals surface area contributed by atoms with E-state index in [4.69, 9.17) is 4.98 Å². The standard InChI is InChI=1S/C24H30N6/c1-2-21(3-1)28-12-8-24(9-13-28)10-14-29(15-11-24)22-6-4-19(16-25-22)20-5-7-23-27-26-18-30(23)17-20/h4-7,16-18,21H,1-3,8-15H2. The van der Waals surface area contributed by atoms with Crippen molar-refractivity contribution < 1.29 is 0 Å². The molecule has 5 heterocycles. The highest BCUT2D eigenvalue weighted by Gasteiger charge is 2.39. The van der Waals surface area contributed by atoms with E-state index in [1.807, 2.05) is 16.7 Å². The van der Waals surface area contributed by atoms with Gasteiger partial charge in [0.25, 0.3) is 0 Å². The molecule has 156 valence electrons. The molecule has 3 aromatic heterocycles. The second-order valence-electron chi connectivity index (χ2n) is 9.53. The predicted octanol–water partition coefficient (Wildman–Crippen LogP) is 4.03. The fraction of sp³-hybridized carbons (Fsp3) is 0.542. The van der Waals surface area contributed by atoms with Crippen LogP contribution in [0.25, 0.3) is 16.8 Å². The molecule has 0 N–H and O–H groups in total. The summed E-state index contributed by atoms with van der Waals surface area (Å²) in [7, 11) is 0. The maximum Gasteiger partial charge on any atom is 0.160 e. The Kier molecular flexibility index (Phi) is 4.48. The minimum absolute atomic E-state index is 0.588. The largest absolute Gasteiger partial charge is 0.357 e. The third kappa shape index (κ3) is 3.27. The van der Waals surface area contributed by atoms with E-state index in [2.05, 4.69) is 44.4 Å². The summed E-state index contributed by atoms with van der Waals surface area (Å²) < 4.78 is 1.95. The van der Waals surface area contributed by atoms with Crippen molar-refractivity contribution >= 4 is 11.5 Å². The molecule has 3 fully saturated rings. The van der Waals surface area contributed by atoms with Crippen molar-refractivity contribution in [2.45, 2.75) is 51.0 Å². The molecule has 2 aliphatic heterocycles. The zero-order valence-electron chi connectivity index (χ0n) is 17.6. The maximum atomic E-state index is 4.81. The third-order valence-corrected chi connectivity index (χ3v) is 7.97. The minimum atomic E-state index is 0.588. The Hall–Kier alpha value is -2.47. The first kappa shape index (κ1) is 18.3. The number of likely N-dealkylation sites (tertiary alicyclic amines) is 1.